The van der Waals surface area contributed by atoms with E-state index < -0.39 is 5.60 Å². The van der Waals surface area contributed by atoms with Gasteiger partial charge in [-0.25, -0.2) is 0 Å². The minimum absolute atomic E-state index is 0.579. The van der Waals surface area contributed by atoms with E-state index in [9.17, 15) is 9.90 Å². The second-order valence-corrected chi connectivity index (χ2v) is 3.83. The zero-order valence-corrected chi connectivity index (χ0v) is 7.05. The highest BCUT2D eigenvalue weighted by molar-refractivity contribution is 5.61. The monoisotopic (exact) mass is 156 g/mol. The molecule has 0 spiro atoms. The lowest BCUT2D eigenvalue weighted by molar-refractivity contribution is -0.123. The Morgan fingerprint density at radius 2 is 2.09 bits per heavy atom. The number of rotatable bonds is 3. The van der Waals surface area contributed by atoms with Gasteiger partial charge in [0.05, 0.1) is 0 Å². The molecule has 0 saturated heterocycles. The quantitative estimate of drug-likeness (QED) is 0.629. The fraction of sp³-hybridized carbons (Fsp3) is 0.889. The highest BCUT2D eigenvalue weighted by Gasteiger charge is 2.26. The third-order valence-electron chi connectivity index (χ3n) is 2.43. The molecule has 1 aliphatic carbocycles. The van der Waals surface area contributed by atoms with Crippen LogP contribution in [0.1, 0.15) is 39.0 Å². The van der Waals surface area contributed by atoms with Crippen LogP contribution >= 0.6 is 0 Å². The molecule has 1 saturated carbocycles. The van der Waals surface area contributed by atoms with Crippen LogP contribution < -0.4 is 0 Å². The summed E-state index contributed by atoms with van der Waals surface area (Å²) in [6.45, 7) is 1.60. The minimum Gasteiger partial charge on any atom is -0.383 e. The zero-order valence-electron chi connectivity index (χ0n) is 7.05. The lowest BCUT2D eigenvalue weighted by Crippen LogP contribution is -2.28. The molecule has 1 unspecified atom stereocenters. The van der Waals surface area contributed by atoms with Crippen molar-refractivity contribution < 1.29 is 9.90 Å². The molecule has 1 aliphatic rings. The fourth-order valence-corrected chi connectivity index (χ4v) is 1.85. The number of aliphatic hydroxyl groups is 1. The van der Waals surface area contributed by atoms with Crippen LogP contribution in [0.5, 0.6) is 0 Å². The summed E-state index contributed by atoms with van der Waals surface area (Å²) >= 11 is 0. The van der Waals surface area contributed by atoms with E-state index in [2.05, 4.69) is 0 Å². The molecule has 64 valence electrons. The Kier molecular flexibility index (Phi) is 2.66. The van der Waals surface area contributed by atoms with Gasteiger partial charge < -0.3 is 9.90 Å². The van der Waals surface area contributed by atoms with E-state index >= 15 is 0 Å². The molecule has 11 heavy (non-hydrogen) atoms. The molecule has 0 aromatic heterocycles. The highest BCUT2D eigenvalue weighted by Crippen LogP contribution is 2.30. The van der Waals surface area contributed by atoms with E-state index in [1.54, 1.807) is 6.92 Å². The second kappa shape index (κ2) is 3.35. The van der Waals surface area contributed by atoms with E-state index in [0.29, 0.717) is 18.6 Å². The normalized spacial score (nSPS) is 24.9. The van der Waals surface area contributed by atoms with Crippen LogP contribution in [0, 0.1) is 5.92 Å². The summed E-state index contributed by atoms with van der Waals surface area (Å²) in [4.78, 5) is 10.4. The third-order valence-corrected chi connectivity index (χ3v) is 2.43. The molecule has 0 aromatic rings. The Balaban J connectivity index is 2.33. The Labute approximate surface area is 67.6 Å². The van der Waals surface area contributed by atoms with Gasteiger partial charge in [0, 0.05) is 0 Å². The van der Waals surface area contributed by atoms with E-state index in [-0.39, 0.29) is 0 Å². The average molecular weight is 156 g/mol. The van der Waals surface area contributed by atoms with Gasteiger partial charge in [0.25, 0.3) is 0 Å². The predicted molar refractivity (Wildman–Crippen MR) is 43.3 cm³/mol. The molecule has 0 bridgehead atoms. The molecule has 1 N–H and O–H groups in total. The van der Waals surface area contributed by atoms with Gasteiger partial charge in [0.15, 0.2) is 6.29 Å². The molecule has 0 heterocycles. The molecule has 2 nitrogen and oxygen atoms in total. The molecule has 0 radical (unpaired) electrons. The number of carbonyl (C=O) groups excluding carboxylic acids is 1. The lowest BCUT2D eigenvalue weighted by Gasteiger charge is -2.19. The van der Waals surface area contributed by atoms with Gasteiger partial charge in [-0.3, -0.25) is 0 Å². The first-order valence-electron chi connectivity index (χ1n) is 4.33. The third kappa shape index (κ3) is 2.62. The van der Waals surface area contributed by atoms with Crippen molar-refractivity contribution >= 4 is 6.29 Å². The first-order chi connectivity index (χ1) is 5.14. The summed E-state index contributed by atoms with van der Waals surface area (Å²) < 4.78 is 0. The Bertz CT molecular complexity index is 134. The minimum atomic E-state index is -1.07. The molecule has 0 amide bonds. The molecule has 0 aromatic carbocycles. The van der Waals surface area contributed by atoms with Gasteiger partial charge in [-0.05, 0) is 19.3 Å². The standard InChI is InChI=1S/C9H16O2/c1-9(11,7-10)6-8-4-2-3-5-8/h7-8,11H,2-6H2,1H3. The average Bonchev–Trinajstić information content (AvgIpc) is 2.39. The van der Waals surface area contributed by atoms with Crippen molar-refractivity contribution in [3.63, 3.8) is 0 Å². The first-order valence-corrected chi connectivity index (χ1v) is 4.33. The maximum atomic E-state index is 10.4. The van der Waals surface area contributed by atoms with Crippen LogP contribution in [0.25, 0.3) is 0 Å². The van der Waals surface area contributed by atoms with Crippen molar-refractivity contribution in [1.29, 1.82) is 0 Å². The zero-order chi connectivity index (χ0) is 8.32. The Morgan fingerprint density at radius 3 is 2.55 bits per heavy atom. The summed E-state index contributed by atoms with van der Waals surface area (Å²) in [5, 5.41) is 9.42. The summed E-state index contributed by atoms with van der Waals surface area (Å²) in [6.07, 6.45) is 6.20. The maximum absolute atomic E-state index is 10.4. The Morgan fingerprint density at radius 1 is 1.55 bits per heavy atom. The van der Waals surface area contributed by atoms with Crippen molar-refractivity contribution in [2.45, 2.75) is 44.6 Å². The van der Waals surface area contributed by atoms with E-state index in [0.717, 1.165) is 0 Å². The van der Waals surface area contributed by atoms with Crippen LogP contribution in [0.4, 0.5) is 0 Å². The van der Waals surface area contributed by atoms with Gasteiger partial charge in [0.2, 0.25) is 0 Å². The van der Waals surface area contributed by atoms with E-state index in [4.69, 9.17) is 0 Å². The van der Waals surface area contributed by atoms with E-state index in [1.807, 2.05) is 0 Å². The number of carbonyl (C=O) groups is 1. The Hall–Kier alpha value is -0.370. The van der Waals surface area contributed by atoms with Gasteiger partial charge >= 0.3 is 0 Å². The van der Waals surface area contributed by atoms with Crippen LogP contribution in [0.2, 0.25) is 0 Å². The predicted octanol–water partition coefficient (Wildman–Crippen LogP) is 1.52. The SMILES string of the molecule is CC(O)(C=O)CC1CCCC1. The van der Waals surface area contributed by atoms with Gasteiger partial charge in [0.1, 0.15) is 5.60 Å². The van der Waals surface area contributed by atoms with Gasteiger partial charge in [-0.2, -0.15) is 0 Å². The van der Waals surface area contributed by atoms with Gasteiger partial charge in [-0.15, -0.1) is 0 Å². The molecular weight excluding hydrogens is 140 g/mol. The first kappa shape index (κ1) is 8.72. The van der Waals surface area contributed by atoms with Crippen molar-refractivity contribution in [3.05, 3.63) is 0 Å². The topological polar surface area (TPSA) is 37.3 Å². The fourth-order valence-electron chi connectivity index (χ4n) is 1.85. The van der Waals surface area contributed by atoms with Gasteiger partial charge in [-0.1, -0.05) is 25.7 Å². The molecular formula is C9H16O2. The van der Waals surface area contributed by atoms with Crippen molar-refractivity contribution in [2.24, 2.45) is 5.92 Å². The van der Waals surface area contributed by atoms with E-state index in [1.165, 1.54) is 25.7 Å². The largest absolute Gasteiger partial charge is 0.383 e. The highest BCUT2D eigenvalue weighted by atomic mass is 16.3. The molecule has 1 rings (SSSR count). The number of hydrogen-bond donors (Lipinski definition) is 1. The molecule has 2 heteroatoms. The van der Waals surface area contributed by atoms with Crippen molar-refractivity contribution in [1.82, 2.24) is 0 Å². The van der Waals surface area contributed by atoms with Crippen molar-refractivity contribution in [2.75, 3.05) is 0 Å². The summed E-state index contributed by atoms with van der Waals surface area (Å²) in [7, 11) is 0. The smallest absolute Gasteiger partial charge is 0.151 e. The molecule has 0 aliphatic heterocycles. The lowest BCUT2D eigenvalue weighted by atomic mass is 9.92. The summed E-state index contributed by atoms with van der Waals surface area (Å²) in [5.74, 6) is 0.579. The molecule has 1 atom stereocenters. The number of hydrogen-bond acceptors (Lipinski definition) is 2. The van der Waals surface area contributed by atoms with Crippen LogP contribution in [0.15, 0.2) is 0 Å². The van der Waals surface area contributed by atoms with Crippen molar-refractivity contribution in [3.8, 4) is 0 Å². The summed E-state index contributed by atoms with van der Waals surface area (Å²) in [6, 6.07) is 0. The maximum Gasteiger partial charge on any atom is 0.151 e. The second-order valence-electron chi connectivity index (χ2n) is 3.83. The van der Waals surface area contributed by atoms with Crippen LogP contribution in [-0.2, 0) is 4.79 Å². The summed E-state index contributed by atoms with van der Waals surface area (Å²) in [5.41, 5.74) is -1.07. The number of aldehydes is 1. The van der Waals surface area contributed by atoms with Crippen LogP contribution in [0.3, 0.4) is 0 Å². The van der Waals surface area contributed by atoms with Crippen LogP contribution in [-0.4, -0.2) is 17.0 Å². The molecule has 1 fully saturated rings.